The molecule has 0 spiro atoms. The van der Waals surface area contributed by atoms with Crippen molar-refractivity contribution in [1.29, 1.82) is 0 Å². The zero-order valence-electron chi connectivity index (χ0n) is 16.3. The zero-order valence-corrected chi connectivity index (χ0v) is 16.3. The first-order valence-corrected chi connectivity index (χ1v) is 9.59. The summed E-state index contributed by atoms with van der Waals surface area (Å²) in [5.41, 5.74) is 3.75. The number of carbonyl (C=O) groups excluding carboxylic acids is 2. The van der Waals surface area contributed by atoms with Crippen molar-refractivity contribution in [3.63, 3.8) is 0 Å². The van der Waals surface area contributed by atoms with Crippen molar-refractivity contribution in [3.05, 3.63) is 90.5 Å². The molecule has 0 aliphatic rings. The van der Waals surface area contributed by atoms with E-state index in [-0.39, 0.29) is 18.9 Å². The second-order valence-electron chi connectivity index (χ2n) is 6.52. The molecule has 5 heteroatoms. The minimum atomic E-state index is -0.540. The number of hydrogen-bond acceptors (Lipinski definition) is 3. The van der Waals surface area contributed by atoms with Gasteiger partial charge in [-0.25, -0.2) is 4.79 Å². The molecule has 1 atom stereocenters. The summed E-state index contributed by atoms with van der Waals surface area (Å²) >= 11 is 0. The molecular formula is C24H24N2O3. The molecule has 0 aliphatic carbocycles. The average molecular weight is 388 g/mol. The molecule has 3 aromatic carbocycles. The van der Waals surface area contributed by atoms with Gasteiger partial charge in [0, 0.05) is 5.69 Å². The van der Waals surface area contributed by atoms with Gasteiger partial charge in [0.05, 0.1) is 19.1 Å². The van der Waals surface area contributed by atoms with E-state index in [1.807, 2.05) is 84.9 Å². The third-order valence-corrected chi connectivity index (χ3v) is 4.43. The summed E-state index contributed by atoms with van der Waals surface area (Å²) in [7, 11) is 0. The number of nitrogens with one attached hydrogen (secondary N) is 2. The number of anilines is 1. The fraction of sp³-hybridized carbons (Fsp3) is 0.167. The normalized spacial score (nSPS) is 11.3. The number of rotatable bonds is 7. The molecular weight excluding hydrogens is 364 g/mol. The average Bonchev–Trinajstić information content (AvgIpc) is 2.75. The zero-order chi connectivity index (χ0) is 20.5. The molecule has 0 aromatic heterocycles. The highest BCUT2D eigenvalue weighted by Gasteiger charge is 2.19. The van der Waals surface area contributed by atoms with Crippen LogP contribution < -0.4 is 10.6 Å². The lowest BCUT2D eigenvalue weighted by Gasteiger charge is -2.18. The topological polar surface area (TPSA) is 67.4 Å². The van der Waals surface area contributed by atoms with E-state index in [4.69, 9.17) is 4.74 Å². The Morgan fingerprint density at radius 2 is 1.41 bits per heavy atom. The van der Waals surface area contributed by atoms with E-state index < -0.39 is 12.1 Å². The van der Waals surface area contributed by atoms with Crippen LogP contribution in [0.5, 0.6) is 0 Å². The van der Waals surface area contributed by atoms with E-state index in [2.05, 4.69) is 10.6 Å². The van der Waals surface area contributed by atoms with Gasteiger partial charge in [0.15, 0.2) is 0 Å². The first-order chi connectivity index (χ1) is 14.2. The summed E-state index contributed by atoms with van der Waals surface area (Å²) in [5.74, 6) is -0.192. The maximum atomic E-state index is 12.6. The predicted molar refractivity (Wildman–Crippen MR) is 114 cm³/mol. The lowest BCUT2D eigenvalue weighted by Crippen LogP contribution is -2.32. The molecule has 0 aliphatic heterocycles. The van der Waals surface area contributed by atoms with Crippen molar-refractivity contribution >= 4 is 17.7 Å². The van der Waals surface area contributed by atoms with Gasteiger partial charge in [-0.3, -0.25) is 4.79 Å². The third kappa shape index (κ3) is 5.94. The van der Waals surface area contributed by atoms with Crippen LogP contribution in [0.3, 0.4) is 0 Å². The molecule has 0 saturated carbocycles. The lowest BCUT2D eigenvalue weighted by atomic mass is 10.0. The summed E-state index contributed by atoms with van der Waals surface area (Å²) in [6.45, 7) is 2.01. The molecule has 0 unspecified atom stereocenters. The van der Waals surface area contributed by atoms with Crippen LogP contribution in [-0.4, -0.2) is 18.6 Å². The minimum Gasteiger partial charge on any atom is -0.450 e. The molecule has 0 heterocycles. The molecule has 2 N–H and O–H groups in total. The van der Waals surface area contributed by atoms with Crippen molar-refractivity contribution in [3.8, 4) is 11.1 Å². The Labute approximate surface area is 170 Å². The molecule has 3 rings (SSSR count). The Kier molecular flexibility index (Phi) is 7.00. The quantitative estimate of drug-likeness (QED) is 0.587. The van der Waals surface area contributed by atoms with E-state index in [1.54, 1.807) is 6.92 Å². The summed E-state index contributed by atoms with van der Waals surface area (Å²) in [6.07, 6.45) is -0.440. The number of alkyl carbamates (subject to hydrolysis) is 1. The first-order valence-electron chi connectivity index (χ1n) is 9.59. The van der Waals surface area contributed by atoms with Crippen LogP contribution in [0.4, 0.5) is 10.5 Å². The summed E-state index contributed by atoms with van der Waals surface area (Å²) in [6, 6.07) is 26.6. The lowest BCUT2D eigenvalue weighted by molar-refractivity contribution is -0.116. The monoisotopic (exact) mass is 388 g/mol. The van der Waals surface area contributed by atoms with Crippen LogP contribution >= 0.6 is 0 Å². The number of hydrogen-bond donors (Lipinski definition) is 2. The highest BCUT2D eigenvalue weighted by atomic mass is 16.5. The number of carbonyl (C=O) groups is 2. The molecule has 0 saturated heterocycles. The molecule has 3 aromatic rings. The standard InChI is InChI=1S/C24H24N2O3/c1-2-29-24(28)26-22(20-11-7-4-8-12-20)17-23(27)25-21-15-13-19(14-16-21)18-9-5-3-6-10-18/h3-16,22H,2,17H2,1H3,(H,25,27)(H,26,28)/t22-/m1/s1. The Balaban J connectivity index is 1.65. The van der Waals surface area contributed by atoms with E-state index in [9.17, 15) is 9.59 Å². The van der Waals surface area contributed by atoms with Crippen LogP contribution in [0.2, 0.25) is 0 Å². The van der Waals surface area contributed by atoms with Crippen LogP contribution in [0, 0.1) is 0 Å². The van der Waals surface area contributed by atoms with Gasteiger partial charge in [0.2, 0.25) is 5.91 Å². The van der Waals surface area contributed by atoms with Gasteiger partial charge < -0.3 is 15.4 Å². The fourth-order valence-electron chi connectivity index (χ4n) is 3.03. The first kappa shape index (κ1) is 20.1. The SMILES string of the molecule is CCOC(=O)N[C@H](CC(=O)Nc1ccc(-c2ccccc2)cc1)c1ccccc1. The minimum absolute atomic E-state index is 0.100. The molecule has 0 radical (unpaired) electrons. The van der Waals surface area contributed by atoms with Crippen molar-refractivity contribution in [2.75, 3.05) is 11.9 Å². The van der Waals surface area contributed by atoms with Crippen molar-refractivity contribution in [2.45, 2.75) is 19.4 Å². The molecule has 29 heavy (non-hydrogen) atoms. The highest BCUT2D eigenvalue weighted by molar-refractivity contribution is 5.91. The van der Waals surface area contributed by atoms with Crippen LogP contribution in [0.1, 0.15) is 24.9 Å². The number of amides is 2. The molecule has 2 amide bonds. The van der Waals surface area contributed by atoms with Crippen LogP contribution in [0.25, 0.3) is 11.1 Å². The van der Waals surface area contributed by atoms with Crippen molar-refractivity contribution in [1.82, 2.24) is 5.32 Å². The predicted octanol–water partition coefficient (Wildman–Crippen LogP) is 5.17. The highest BCUT2D eigenvalue weighted by Crippen LogP contribution is 2.22. The largest absolute Gasteiger partial charge is 0.450 e. The molecule has 148 valence electrons. The second-order valence-corrected chi connectivity index (χ2v) is 6.52. The van der Waals surface area contributed by atoms with E-state index >= 15 is 0 Å². The maximum absolute atomic E-state index is 12.6. The maximum Gasteiger partial charge on any atom is 0.407 e. The molecule has 0 bridgehead atoms. The number of benzene rings is 3. The molecule has 0 fully saturated rings. The summed E-state index contributed by atoms with van der Waals surface area (Å²) in [4.78, 5) is 24.5. The summed E-state index contributed by atoms with van der Waals surface area (Å²) < 4.78 is 4.97. The Morgan fingerprint density at radius 1 is 0.828 bits per heavy atom. The van der Waals surface area contributed by atoms with Crippen LogP contribution in [-0.2, 0) is 9.53 Å². The van der Waals surface area contributed by atoms with Gasteiger partial charge in [0.25, 0.3) is 0 Å². The van der Waals surface area contributed by atoms with Gasteiger partial charge in [-0.05, 0) is 35.7 Å². The smallest absolute Gasteiger partial charge is 0.407 e. The fourth-order valence-corrected chi connectivity index (χ4v) is 3.03. The van der Waals surface area contributed by atoms with Gasteiger partial charge in [0.1, 0.15) is 0 Å². The van der Waals surface area contributed by atoms with Gasteiger partial charge in [-0.1, -0.05) is 72.8 Å². The van der Waals surface area contributed by atoms with Crippen molar-refractivity contribution < 1.29 is 14.3 Å². The Bertz CT molecular complexity index is 925. The Hall–Kier alpha value is -3.60. The van der Waals surface area contributed by atoms with E-state index in [1.165, 1.54) is 0 Å². The Morgan fingerprint density at radius 3 is 2.03 bits per heavy atom. The van der Waals surface area contributed by atoms with E-state index in [0.29, 0.717) is 5.69 Å². The van der Waals surface area contributed by atoms with Gasteiger partial charge >= 0.3 is 6.09 Å². The van der Waals surface area contributed by atoms with Crippen molar-refractivity contribution in [2.24, 2.45) is 0 Å². The summed E-state index contributed by atoms with van der Waals surface area (Å²) in [5, 5.41) is 5.65. The second kappa shape index (κ2) is 10.1. The number of ether oxygens (including phenoxy) is 1. The van der Waals surface area contributed by atoms with Crippen LogP contribution in [0.15, 0.2) is 84.9 Å². The van der Waals surface area contributed by atoms with Gasteiger partial charge in [-0.2, -0.15) is 0 Å². The third-order valence-electron chi connectivity index (χ3n) is 4.43. The van der Waals surface area contributed by atoms with Gasteiger partial charge in [-0.15, -0.1) is 0 Å². The molecule has 5 nitrogen and oxygen atoms in total. The van der Waals surface area contributed by atoms with E-state index in [0.717, 1.165) is 16.7 Å².